The average molecular weight is 435 g/mol. The quantitative estimate of drug-likeness (QED) is 0.562. The molecule has 6 atom stereocenters. The Morgan fingerprint density at radius 3 is 2.62 bits per heavy atom. The van der Waals surface area contributed by atoms with E-state index < -0.39 is 12.2 Å². The van der Waals surface area contributed by atoms with Crippen molar-refractivity contribution in [2.24, 2.45) is 17.3 Å². The molecule has 32 heavy (non-hydrogen) atoms. The van der Waals surface area contributed by atoms with Crippen molar-refractivity contribution >= 4 is 11.9 Å². The van der Waals surface area contributed by atoms with Crippen LogP contribution in [0, 0.1) is 17.3 Å². The highest BCUT2D eigenvalue weighted by Crippen LogP contribution is 2.61. The van der Waals surface area contributed by atoms with Gasteiger partial charge in [0.2, 0.25) is 0 Å². The number of hydrogen-bond acceptors (Lipinski definition) is 5. The fourth-order valence-corrected chi connectivity index (χ4v) is 6.72. The summed E-state index contributed by atoms with van der Waals surface area (Å²) >= 11 is 0. The highest BCUT2D eigenvalue weighted by atomic mass is 16.6. The second-order valence-electron chi connectivity index (χ2n) is 9.91. The molecule has 5 rings (SSSR count). The predicted molar refractivity (Wildman–Crippen MR) is 119 cm³/mol. The summed E-state index contributed by atoms with van der Waals surface area (Å²) < 4.78 is 11.2. The largest absolute Gasteiger partial charge is 0.459 e. The normalized spacial score (nSPS) is 32.9. The molecule has 0 aliphatic heterocycles. The van der Waals surface area contributed by atoms with E-state index in [4.69, 9.17) is 9.47 Å². The number of benzene rings is 2. The van der Waals surface area contributed by atoms with Crippen LogP contribution in [-0.2, 0) is 16.0 Å². The van der Waals surface area contributed by atoms with Gasteiger partial charge in [-0.25, -0.2) is 4.79 Å². The molecule has 0 radical (unpaired) electrons. The Kier molecular flexibility index (Phi) is 5.32. The van der Waals surface area contributed by atoms with Gasteiger partial charge in [-0.2, -0.15) is 0 Å². The molecule has 2 saturated carbocycles. The van der Waals surface area contributed by atoms with Crippen molar-refractivity contribution in [3.63, 3.8) is 0 Å². The highest BCUT2D eigenvalue weighted by molar-refractivity contribution is 5.91. The first-order valence-electron chi connectivity index (χ1n) is 11.6. The number of ether oxygens (including phenoxy) is 2. The number of aliphatic hydroxyl groups excluding tert-OH is 1. The lowest BCUT2D eigenvalue weighted by Gasteiger charge is -2.50. The molecule has 2 fully saturated rings. The molecule has 0 aromatic heterocycles. The van der Waals surface area contributed by atoms with E-state index >= 15 is 0 Å². The molecule has 0 heterocycles. The lowest BCUT2D eigenvalue weighted by atomic mass is 9.55. The minimum absolute atomic E-state index is 0.172. The lowest BCUT2D eigenvalue weighted by molar-refractivity contribution is -0.161. The Bertz CT molecular complexity index is 1030. The summed E-state index contributed by atoms with van der Waals surface area (Å²) in [5.74, 6) is 1.16. The molecule has 5 heteroatoms. The van der Waals surface area contributed by atoms with Crippen LogP contribution in [0.2, 0.25) is 0 Å². The van der Waals surface area contributed by atoms with Crippen LogP contribution in [0.15, 0.2) is 48.5 Å². The zero-order valence-electron chi connectivity index (χ0n) is 18.6. The second-order valence-corrected chi connectivity index (χ2v) is 9.91. The lowest BCUT2D eigenvalue weighted by Crippen LogP contribution is -2.46. The van der Waals surface area contributed by atoms with Crippen molar-refractivity contribution in [2.45, 2.75) is 64.1 Å². The number of rotatable bonds is 3. The van der Waals surface area contributed by atoms with Crippen molar-refractivity contribution in [2.75, 3.05) is 0 Å². The van der Waals surface area contributed by atoms with Crippen LogP contribution < -0.4 is 4.74 Å². The topological polar surface area (TPSA) is 72.8 Å². The van der Waals surface area contributed by atoms with Gasteiger partial charge < -0.3 is 14.6 Å². The molecule has 168 valence electrons. The van der Waals surface area contributed by atoms with E-state index in [1.807, 2.05) is 30.3 Å². The zero-order chi connectivity index (χ0) is 22.5. The molecule has 2 aromatic rings. The van der Waals surface area contributed by atoms with Crippen molar-refractivity contribution in [1.29, 1.82) is 0 Å². The Morgan fingerprint density at radius 1 is 1.09 bits per heavy atom. The Morgan fingerprint density at radius 2 is 1.88 bits per heavy atom. The number of fused-ring (bicyclic) bond motifs is 5. The second kappa shape index (κ2) is 8.04. The molecular formula is C27H30O5. The molecule has 0 amide bonds. The summed E-state index contributed by atoms with van der Waals surface area (Å²) in [7, 11) is 0. The number of carbonyl (C=O) groups is 2. The third-order valence-electron chi connectivity index (χ3n) is 8.14. The van der Waals surface area contributed by atoms with Crippen LogP contribution >= 0.6 is 0 Å². The van der Waals surface area contributed by atoms with Crippen molar-refractivity contribution in [1.82, 2.24) is 0 Å². The van der Waals surface area contributed by atoms with Crippen LogP contribution in [-0.4, -0.2) is 29.3 Å². The first-order chi connectivity index (χ1) is 15.4. The molecule has 1 N–H and O–H groups in total. The van der Waals surface area contributed by atoms with Gasteiger partial charge in [-0.1, -0.05) is 31.2 Å². The average Bonchev–Trinajstić information content (AvgIpc) is 3.04. The summed E-state index contributed by atoms with van der Waals surface area (Å²) in [5.41, 5.74) is 2.96. The highest BCUT2D eigenvalue weighted by Gasteiger charge is 2.59. The molecule has 0 saturated heterocycles. The van der Waals surface area contributed by atoms with E-state index in [1.54, 1.807) is 12.1 Å². The summed E-state index contributed by atoms with van der Waals surface area (Å²) in [6, 6.07) is 15.1. The predicted octanol–water partition coefficient (Wildman–Crippen LogP) is 4.66. The fourth-order valence-electron chi connectivity index (χ4n) is 6.72. The van der Waals surface area contributed by atoms with Crippen molar-refractivity contribution in [3.05, 3.63) is 65.2 Å². The number of hydrogen-bond donors (Lipinski definition) is 1. The minimum Gasteiger partial charge on any atom is -0.459 e. The van der Waals surface area contributed by atoms with Gasteiger partial charge in [-0.3, -0.25) is 4.79 Å². The number of aliphatic hydroxyl groups is 1. The molecule has 5 nitrogen and oxygen atoms in total. The van der Waals surface area contributed by atoms with E-state index in [1.165, 1.54) is 18.1 Å². The monoisotopic (exact) mass is 434 g/mol. The van der Waals surface area contributed by atoms with Gasteiger partial charge in [0.15, 0.2) is 0 Å². The van der Waals surface area contributed by atoms with Gasteiger partial charge in [0.1, 0.15) is 11.9 Å². The van der Waals surface area contributed by atoms with Gasteiger partial charge in [0, 0.05) is 12.3 Å². The summed E-state index contributed by atoms with van der Waals surface area (Å²) in [5, 5.41) is 10.7. The molecule has 3 aliphatic carbocycles. The standard InChI is InChI=1S/C27H30O5/c1-16(28)31-25-24(29)15-23-22-10-8-18-14-19(32-26(30)17-6-4-3-5-7-17)9-11-20(18)21(22)12-13-27(23,25)2/h3-7,9,11,14,21-25,29H,8,10,12-13,15H2,1-2H3/t21-,22-,23+,24-,25+,27+/m1/s1. The van der Waals surface area contributed by atoms with Gasteiger partial charge in [0.25, 0.3) is 0 Å². The van der Waals surface area contributed by atoms with Gasteiger partial charge >= 0.3 is 11.9 Å². The third-order valence-corrected chi connectivity index (χ3v) is 8.14. The maximum Gasteiger partial charge on any atom is 0.343 e. The Hall–Kier alpha value is -2.66. The SMILES string of the molecule is CC(=O)O[C@H]1[C@H](O)C[C@H]2[C@@H]3CCc4cc(OC(=O)c5ccccc5)ccc4[C@H]3CC[C@@]21C. The van der Waals surface area contributed by atoms with Crippen LogP contribution in [0.25, 0.3) is 0 Å². The maximum atomic E-state index is 12.4. The summed E-state index contributed by atoms with van der Waals surface area (Å²) in [6.45, 7) is 3.62. The summed E-state index contributed by atoms with van der Waals surface area (Å²) in [6.07, 6.45) is 3.59. The van der Waals surface area contributed by atoms with Crippen LogP contribution in [0.5, 0.6) is 5.75 Å². The zero-order valence-corrected chi connectivity index (χ0v) is 18.6. The molecule has 0 spiro atoms. The van der Waals surface area contributed by atoms with E-state index in [-0.39, 0.29) is 17.4 Å². The molecule has 0 bridgehead atoms. The van der Waals surface area contributed by atoms with Gasteiger partial charge in [-0.05, 0) is 85.3 Å². The fraction of sp³-hybridized carbons (Fsp3) is 0.481. The van der Waals surface area contributed by atoms with Crippen LogP contribution in [0.4, 0.5) is 0 Å². The van der Waals surface area contributed by atoms with Crippen molar-refractivity contribution < 1.29 is 24.2 Å². The molecular weight excluding hydrogens is 404 g/mol. The summed E-state index contributed by atoms with van der Waals surface area (Å²) in [4.78, 5) is 24.1. The maximum absolute atomic E-state index is 12.4. The Balaban J connectivity index is 1.36. The van der Waals surface area contributed by atoms with E-state index in [0.717, 1.165) is 25.7 Å². The molecule has 3 aliphatic rings. The Labute approximate surface area is 188 Å². The van der Waals surface area contributed by atoms with Crippen LogP contribution in [0.1, 0.15) is 66.9 Å². The van der Waals surface area contributed by atoms with E-state index in [2.05, 4.69) is 13.0 Å². The number of carbonyl (C=O) groups excluding carboxylic acids is 2. The first-order valence-corrected chi connectivity index (χ1v) is 11.6. The minimum atomic E-state index is -0.589. The molecule has 0 unspecified atom stereocenters. The first kappa shape index (κ1) is 21.2. The third kappa shape index (κ3) is 3.53. The van der Waals surface area contributed by atoms with E-state index in [9.17, 15) is 14.7 Å². The van der Waals surface area contributed by atoms with Crippen LogP contribution in [0.3, 0.4) is 0 Å². The number of aryl methyl sites for hydroxylation is 1. The van der Waals surface area contributed by atoms with Gasteiger partial charge in [-0.15, -0.1) is 0 Å². The van der Waals surface area contributed by atoms with Gasteiger partial charge in [0.05, 0.1) is 11.7 Å². The van der Waals surface area contributed by atoms with Crippen molar-refractivity contribution in [3.8, 4) is 5.75 Å². The smallest absolute Gasteiger partial charge is 0.343 e. The number of esters is 2. The molecule has 2 aromatic carbocycles. The van der Waals surface area contributed by atoms with E-state index in [0.29, 0.717) is 35.5 Å².